The van der Waals surface area contributed by atoms with Crippen molar-refractivity contribution in [1.82, 2.24) is 9.80 Å². The largest absolute Gasteiger partial charge is 0.480 e. The van der Waals surface area contributed by atoms with Crippen LogP contribution in [0.15, 0.2) is 24.3 Å². The standard InChI is InChI=1S/C17H25N3O4/c1-5-20(6-2)16(22)13-8-7-9-14(10-13)18-15(21)11-19(4)12(3)17(23)24/h7-10,12H,5-6,11H2,1-4H3,(H,18,21)(H,23,24). The quantitative estimate of drug-likeness (QED) is 0.752. The summed E-state index contributed by atoms with van der Waals surface area (Å²) in [5.74, 6) is -1.41. The van der Waals surface area contributed by atoms with E-state index < -0.39 is 12.0 Å². The summed E-state index contributed by atoms with van der Waals surface area (Å²) in [6.45, 7) is 6.51. The van der Waals surface area contributed by atoms with Crippen LogP contribution in [0.2, 0.25) is 0 Å². The van der Waals surface area contributed by atoms with Gasteiger partial charge in [0.05, 0.1) is 6.54 Å². The van der Waals surface area contributed by atoms with Crippen LogP contribution >= 0.6 is 0 Å². The Morgan fingerprint density at radius 2 is 1.83 bits per heavy atom. The third kappa shape index (κ3) is 5.34. The average molecular weight is 335 g/mol. The van der Waals surface area contributed by atoms with Crippen molar-refractivity contribution < 1.29 is 19.5 Å². The first-order valence-corrected chi connectivity index (χ1v) is 7.92. The highest BCUT2D eigenvalue weighted by Crippen LogP contribution is 2.13. The molecule has 2 amide bonds. The number of carbonyl (C=O) groups is 3. The van der Waals surface area contributed by atoms with Gasteiger partial charge in [-0.3, -0.25) is 19.3 Å². The fraction of sp³-hybridized carbons (Fsp3) is 0.471. The minimum absolute atomic E-state index is 0.0539. The van der Waals surface area contributed by atoms with Crippen molar-refractivity contribution in [1.29, 1.82) is 0 Å². The molecule has 7 nitrogen and oxygen atoms in total. The Morgan fingerprint density at radius 3 is 2.38 bits per heavy atom. The molecule has 0 bridgehead atoms. The Bertz CT molecular complexity index is 599. The van der Waals surface area contributed by atoms with Crippen molar-refractivity contribution in [2.75, 3.05) is 32.0 Å². The molecular weight excluding hydrogens is 310 g/mol. The first-order chi connectivity index (χ1) is 11.3. The van der Waals surface area contributed by atoms with Gasteiger partial charge in [-0.1, -0.05) is 6.07 Å². The molecule has 0 fully saturated rings. The number of carboxylic acid groups (broad SMARTS) is 1. The van der Waals surface area contributed by atoms with Crippen LogP contribution in [-0.4, -0.2) is 65.4 Å². The lowest BCUT2D eigenvalue weighted by molar-refractivity contribution is -0.142. The van der Waals surface area contributed by atoms with Gasteiger partial charge in [0, 0.05) is 24.3 Å². The lowest BCUT2D eigenvalue weighted by Crippen LogP contribution is -2.40. The van der Waals surface area contributed by atoms with Crippen molar-refractivity contribution in [2.45, 2.75) is 26.8 Å². The third-order valence-corrected chi connectivity index (χ3v) is 3.86. The Hall–Kier alpha value is -2.41. The van der Waals surface area contributed by atoms with E-state index in [9.17, 15) is 14.4 Å². The molecule has 0 spiro atoms. The number of amides is 2. The van der Waals surface area contributed by atoms with E-state index in [0.29, 0.717) is 24.3 Å². The molecule has 1 atom stereocenters. The molecule has 0 heterocycles. The number of likely N-dealkylation sites (N-methyl/N-ethyl adjacent to an activating group) is 1. The second kappa shape index (κ2) is 9.02. The molecule has 1 aromatic carbocycles. The molecule has 0 aliphatic heterocycles. The van der Waals surface area contributed by atoms with Crippen LogP contribution in [0, 0.1) is 0 Å². The highest BCUT2D eigenvalue weighted by Gasteiger charge is 2.19. The number of anilines is 1. The molecule has 0 saturated carbocycles. The van der Waals surface area contributed by atoms with E-state index in [1.54, 1.807) is 36.2 Å². The van der Waals surface area contributed by atoms with Gasteiger partial charge in [0.25, 0.3) is 5.91 Å². The number of nitrogens with zero attached hydrogens (tertiary/aromatic N) is 2. The molecule has 1 rings (SSSR count). The predicted octanol–water partition coefficient (Wildman–Crippen LogP) is 1.51. The van der Waals surface area contributed by atoms with Crippen molar-refractivity contribution in [3.63, 3.8) is 0 Å². The summed E-state index contributed by atoms with van der Waals surface area (Å²) in [5.41, 5.74) is 1.01. The Kier molecular flexibility index (Phi) is 7.38. The van der Waals surface area contributed by atoms with E-state index in [1.165, 1.54) is 11.8 Å². The fourth-order valence-electron chi connectivity index (χ4n) is 2.18. The monoisotopic (exact) mass is 335 g/mol. The summed E-state index contributed by atoms with van der Waals surface area (Å²) >= 11 is 0. The van der Waals surface area contributed by atoms with Gasteiger partial charge < -0.3 is 15.3 Å². The molecule has 7 heteroatoms. The van der Waals surface area contributed by atoms with Gasteiger partial charge in [0.2, 0.25) is 5.91 Å². The van der Waals surface area contributed by atoms with E-state index in [4.69, 9.17) is 5.11 Å². The van der Waals surface area contributed by atoms with E-state index in [0.717, 1.165) is 0 Å². The van der Waals surface area contributed by atoms with Crippen molar-refractivity contribution in [3.8, 4) is 0 Å². The number of hydrogen-bond donors (Lipinski definition) is 2. The van der Waals surface area contributed by atoms with Crippen LogP contribution < -0.4 is 5.32 Å². The third-order valence-electron chi connectivity index (χ3n) is 3.86. The molecule has 132 valence electrons. The van der Waals surface area contributed by atoms with Crippen LogP contribution in [0.25, 0.3) is 0 Å². The lowest BCUT2D eigenvalue weighted by atomic mass is 10.1. The normalized spacial score (nSPS) is 11.9. The second-order valence-corrected chi connectivity index (χ2v) is 5.54. The van der Waals surface area contributed by atoms with Crippen molar-refractivity contribution in [2.24, 2.45) is 0 Å². The Balaban J connectivity index is 2.75. The van der Waals surface area contributed by atoms with Gasteiger partial charge in [-0.15, -0.1) is 0 Å². The molecular formula is C17H25N3O4. The molecule has 24 heavy (non-hydrogen) atoms. The lowest BCUT2D eigenvalue weighted by Gasteiger charge is -2.21. The number of hydrogen-bond acceptors (Lipinski definition) is 4. The van der Waals surface area contributed by atoms with Crippen LogP contribution in [0.3, 0.4) is 0 Å². The topological polar surface area (TPSA) is 90.0 Å². The fourth-order valence-corrected chi connectivity index (χ4v) is 2.18. The summed E-state index contributed by atoms with van der Waals surface area (Å²) < 4.78 is 0. The van der Waals surface area contributed by atoms with Crippen LogP contribution in [-0.2, 0) is 9.59 Å². The minimum atomic E-state index is -0.989. The first-order valence-electron chi connectivity index (χ1n) is 7.92. The van der Waals surface area contributed by atoms with Gasteiger partial charge in [0.1, 0.15) is 6.04 Å². The van der Waals surface area contributed by atoms with Gasteiger partial charge in [-0.25, -0.2) is 0 Å². The van der Waals surface area contributed by atoms with E-state index in [1.807, 2.05) is 13.8 Å². The first kappa shape index (κ1) is 19.6. The number of benzene rings is 1. The smallest absolute Gasteiger partial charge is 0.320 e. The Labute approximate surface area is 142 Å². The van der Waals surface area contributed by atoms with Gasteiger partial charge in [-0.05, 0) is 46.0 Å². The van der Waals surface area contributed by atoms with Crippen LogP contribution in [0.5, 0.6) is 0 Å². The molecule has 1 aromatic rings. The molecule has 1 unspecified atom stereocenters. The average Bonchev–Trinajstić information content (AvgIpc) is 2.54. The molecule has 0 aromatic heterocycles. The van der Waals surface area contributed by atoms with Crippen molar-refractivity contribution in [3.05, 3.63) is 29.8 Å². The highest BCUT2D eigenvalue weighted by molar-refractivity contribution is 5.97. The molecule has 0 saturated heterocycles. The zero-order valence-electron chi connectivity index (χ0n) is 14.6. The summed E-state index contributed by atoms with van der Waals surface area (Å²) in [4.78, 5) is 38.4. The van der Waals surface area contributed by atoms with Gasteiger partial charge in [-0.2, -0.15) is 0 Å². The highest BCUT2D eigenvalue weighted by atomic mass is 16.4. The predicted molar refractivity (Wildman–Crippen MR) is 92.1 cm³/mol. The summed E-state index contributed by atoms with van der Waals surface area (Å²) in [6, 6.07) is 5.97. The number of rotatable bonds is 8. The van der Waals surface area contributed by atoms with Crippen molar-refractivity contribution >= 4 is 23.5 Å². The van der Waals surface area contributed by atoms with E-state index in [-0.39, 0.29) is 18.4 Å². The summed E-state index contributed by atoms with van der Waals surface area (Å²) in [6.07, 6.45) is 0. The molecule has 2 N–H and O–H groups in total. The maximum atomic E-state index is 12.3. The second-order valence-electron chi connectivity index (χ2n) is 5.54. The van der Waals surface area contributed by atoms with Gasteiger partial charge in [0.15, 0.2) is 0 Å². The zero-order valence-corrected chi connectivity index (χ0v) is 14.6. The maximum absolute atomic E-state index is 12.3. The number of nitrogens with one attached hydrogen (secondary N) is 1. The van der Waals surface area contributed by atoms with Crippen LogP contribution in [0.4, 0.5) is 5.69 Å². The minimum Gasteiger partial charge on any atom is -0.480 e. The zero-order chi connectivity index (χ0) is 18.3. The molecule has 0 radical (unpaired) electrons. The Morgan fingerprint density at radius 1 is 1.21 bits per heavy atom. The maximum Gasteiger partial charge on any atom is 0.320 e. The van der Waals surface area contributed by atoms with E-state index >= 15 is 0 Å². The molecule has 0 aliphatic rings. The number of carboxylic acids is 1. The number of aliphatic carboxylic acids is 1. The number of carbonyl (C=O) groups excluding carboxylic acids is 2. The summed E-state index contributed by atoms with van der Waals surface area (Å²) in [7, 11) is 1.57. The van der Waals surface area contributed by atoms with E-state index in [2.05, 4.69) is 5.32 Å². The SMILES string of the molecule is CCN(CC)C(=O)c1cccc(NC(=O)CN(C)C(C)C(=O)O)c1. The van der Waals surface area contributed by atoms with Gasteiger partial charge >= 0.3 is 5.97 Å². The van der Waals surface area contributed by atoms with Crippen LogP contribution in [0.1, 0.15) is 31.1 Å². The summed E-state index contributed by atoms with van der Waals surface area (Å²) in [5, 5.41) is 11.6. The molecule has 0 aliphatic carbocycles.